The van der Waals surface area contributed by atoms with Crippen molar-refractivity contribution >= 4 is 17.4 Å². The molecule has 0 spiro atoms. The predicted octanol–water partition coefficient (Wildman–Crippen LogP) is 5.44. The minimum absolute atomic E-state index is 0.0176. The lowest BCUT2D eigenvalue weighted by Crippen LogP contribution is -2.03. The van der Waals surface area contributed by atoms with Crippen LogP contribution in [0.25, 0.3) is 11.6 Å². The second kappa shape index (κ2) is 8.37. The first-order chi connectivity index (χ1) is 13.1. The van der Waals surface area contributed by atoms with E-state index in [2.05, 4.69) is 0 Å². The maximum absolute atomic E-state index is 13.2. The minimum atomic E-state index is -0.0176. The topological polar surface area (TPSA) is 35.5 Å². The third-order valence-corrected chi connectivity index (χ3v) is 4.46. The molecule has 3 heteroatoms. The average molecular weight is 358 g/mol. The minimum Gasteiger partial charge on any atom is -0.497 e. The first-order valence-corrected chi connectivity index (χ1v) is 8.73. The Hall–Kier alpha value is -3.33. The molecule has 27 heavy (non-hydrogen) atoms. The Morgan fingerprint density at radius 2 is 1.41 bits per heavy atom. The normalized spacial score (nSPS) is 11.1. The van der Waals surface area contributed by atoms with Crippen molar-refractivity contribution < 1.29 is 14.3 Å². The van der Waals surface area contributed by atoms with Crippen molar-refractivity contribution in [2.24, 2.45) is 0 Å². The van der Waals surface area contributed by atoms with Crippen LogP contribution in [0.1, 0.15) is 27.0 Å². The smallest absolute Gasteiger partial charge is 0.193 e. The number of carbonyl (C=O) groups is 1. The van der Waals surface area contributed by atoms with Crippen molar-refractivity contribution in [2.45, 2.75) is 6.92 Å². The van der Waals surface area contributed by atoms with E-state index in [4.69, 9.17) is 9.47 Å². The zero-order valence-corrected chi connectivity index (χ0v) is 15.7. The fraction of sp³-hybridized carbons (Fsp3) is 0.125. The van der Waals surface area contributed by atoms with E-state index in [9.17, 15) is 4.79 Å². The van der Waals surface area contributed by atoms with Gasteiger partial charge in [-0.1, -0.05) is 48.5 Å². The quantitative estimate of drug-likeness (QED) is 0.334. The van der Waals surface area contributed by atoms with Gasteiger partial charge in [0.2, 0.25) is 0 Å². The third-order valence-electron chi connectivity index (χ3n) is 4.46. The SMILES string of the molecule is COc1ccc(C(=Cc2ccc(OC)cc2C)C(=O)c2ccccc2)cc1. The van der Waals surface area contributed by atoms with Crippen LogP contribution in [-0.4, -0.2) is 20.0 Å². The lowest BCUT2D eigenvalue weighted by atomic mass is 9.93. The Bertz CT molecular complexity index is 955. The first-order valence-electron chi connectivity index (χ1n) is 8.73. The molecule has 0 saturated heterocycles. The summed E-state index contributed by atoms with van der Waals surface area (Å²) < 4.78 is 10.5. The zero-order valence-electron chi connectivity index (χ0n) is 15.7. The summed E-state index contributed by atoms with van der Waals surface area (Å²) in [6.07, 6.45) is 1.94. The zero-order chi connectivity index (χ0) is 19.2. The van der Waals surface area contributed by atoms with E-state index >= 15 is 0 Å². The molecule has 0 aliphatic heterocycles. The highest BCUT2D eigenvalue weighted by Gasteiger charge is 2.15. The number of methoxy groups -OCH3 is 2. The van der Waals surface area contributed by atoms with Gasteiger partial charge in [0.1, 0.15) is 11.5 Å². The number of Topliss-reactive ketones (excluding diaryl/α,β-unsaturated/α-hetero) is 1. The molecule has 0 N–H and O–H groups in total. The van der Waals surface area contributed by atoms with E-state index in [-0.39, 0.29) is 5.78 Å². The van der Waals surface area contributed by atoms with Gasteiger partial charge in [-0.3, -0.25) is 4.79 Å². The van der Waals surface area contributed by atoms with Crippen LogP contribution in [0.2, 0.25) is 0 Å². The number of hydrogen-bond donors (Lipinski definition) is 0. The highest BCUT2D eigenvalue weighted by atomic mass is 16.5. The molecule has 0 radical (unpaired) electrons. The molecule has 0 atom stereocenters. The predicted molar refractivity (Wildman–Crippen MR) is 109 cm³/mol. The van der Waals surface area contributed by atoms with E-state index in [1.54, 1.807) is 14.2 Å². The van der Waals surface area contributed by atoms with Crippen LogP contribution in [0, 0.1) is 6.92 Å². The molecule has 0 aliphatic rings. The van der Waals surface area contributed by atoms with Crippen molar-refractivity contribution in [2.75, 3.05) is 14.2 Å². The van der Waals surface area contributed by atoms with Crippen molar-refractivity contribution in [3.8, 4) is 11.5 Å². The van der Waals surface area contributed by atoms with E-state index in [0.29, 0.717) is 11.1 Å². The van der Waals surface area contributed by atoms with Crippen LogP contribution in [0.4, 0.5) is 0 Å². The number of allylic oxidation sites excluding steroid dienone is 1. The number of benzene rings is 3. The summed E-state index contributed by atoms with van der Waals surface area (Å²) in [7, 11) is 3.27. The molecular weight excluding hydrogens is 336 g/mol. The summed E-state index contributed by atoms with van der Waals surface area (Å²) in [5.74, 6) is 1.53. The van der Waals surface area contributed by atoms with E-state index in [1.807, 2.05) is 85.8 Å². The van der Waals surface area contributed by atoms with Crippen LogP contribution < -0.4 is 9.47 Å². The van der Waals surface area contributed by atoms with Gasteiger partial charge in [0.05, 0.1) is 14.2 Å². The van der Waals surface area contributed by atoms with Crippen LogP contribution in [0.5, 0.6) is 11.5 Å². The Morgan fingerprint density at radius 1 is 0.778 bits per heavy atom. The fourth-order valence-electron chi connectivity index (χ4n) is 2.89. The lowest BCUT2D eigenvalue weighted by Gasteiger charge is -2.11. The summed E-state index contributed by atoms with van der Waals surface area (Å²) in [5, 5.41) is 0. The number of hydrogen-bond acceptors (Lipinski definition) is 3. The van der Waals surface area contributed by atoms with Crippen molar-refractivity contribution in [3.05, 3.63) is 95.1 Å². The molecule has 3 nitrogen and oxygen atoms in total. The highest BCUT2D eigenvalue weighted by Crippen LogP contribution is 2.27. The number of aryl methyl sites for hydroxylation is 1. The molecule has 3 aromatic carbocycles. The van der Waals surface area contributed by atoms with Gasteiger partial charge in [-0.2, -0.15) is 0 Å². The maximum Gasteiger partial charge on any atom is 0.193 e. The van der Waals surface area contributed by atoms with Crippen molar-refractivity contribution in [1.82, 2.24) is 0 Å². The van der Waals surface area contributed by atoms with Crippen LogP contribution >= 0.6 is 0 Å². The molecule has 136 valence electrons. The van der Waals surface area contributed by atoms with Crippen LogP contribution in [0.15, 0.2) is 72.8 Å². The van der Waals surface area contributed by atoms with Gasteiger partial charge in [-0.25, -0.2) is 0 Å². The van der Waals surface area contributed by atoms with Gasteiger partial charge in [0, 0.05) is 11.1 Å². The Balaban J connectivity index is 2.10. The van der Waals surface area contributed by atoms with E-state index in [0.717, 1.165) is 28.2 Å². The molecule has 0 bridgehead atoms. The van der Waals surface area contributed by atoms with Gasteiger partial charge in [0.25, 0.3) is 0 Å². The molecule has 3 rings (SSSR count). The lowest BCUT2D eigenvalue weighted by molar-refractivity contribution is 0.105. The Kier molecular flexibility index (Phi) is 5.72. The van der Waals surface area contributed by atoms with Crippen molar-refractivity contribution in [1.29, 1.82) is 0 Å². The van der Waals surface area contributed by atoms with Gasteiger partial charge in [0.15, 0.2) is 5.78 Å². The molecule has 0 aromatic heterocycles. The third kappa shape index (κ3) is 4.26. The molecule has 0 fully saturated rings. The second-order valence-corrected chi connectivity index (χ2v) is 6.20. The molecule has 0 heterocycles. The second-order valence-electron chi connectivity index (χ2n) is 6.20. The van der Waals surface area contributed by atoms with Gasteiger partial charge in [-0.15, -0.1) is 0 Å². The standard InChI is InChI=1S/C24H22O3/c1-17-15-22(27-3)14-11-20(17)16-23(18-9-12-21(26-2)13-10-18)24(25)19-7-5-4-6-8-19/h4-16H,1-3H3. The average Bonchev–Trinajstić information content (AvgIpc) is 2.73. The van der Waals surface area contributed by atoms with E-state index in [1.165, 1.54) is 0 Å². The molecule has 0 saturated carbocycles. The molecule has 0 unspecified atom stereocenters. The summed E-state index contributed by atoms with van der Waals surface area (Å²) in [6.45, 7) is 2.01. The van der Waals surface area contributed by atoms with Gasteiger partial charge >= 0.3 is 0 Å². The Labute approximate surface area is 159 Å². The largest absolute Gasteiger partial charge is 0.497 e. The molecular formula is C24H22O3. The summed E-state index contributed by atoms with van der Waals surface area (Å²) in [4.78, 5) is 13.2. The number of ketones is 1. The van der Waals surface area contributed by atoms with Gasteiger partial charge in [-0.05, 0) is 54.0 Å². The molecule has 3 aromatic rings. The summed E-state index contributed by atoms with van der Waals surface area (Å²) >= 11 is 0. The van der Waals surface area contributed by atoms with Crippen LogP contribution in [0.3, 0.4) is 0 Å². The van der Waals surface area contributed by atoms with E-state index < -0.39 is 0 Å². The monoisotopic (exact) mass is 358 g/mol. The number of rotatable bonds is 6. The summed E-state index contributed by atoms with van der Waals surface area (Å²) in [5.41, 5.74) is 4.16. The van der Waals surface area contributed by atoms with Crippen molar-refractivity contribution in [3.63, 3.8) is 0 Å². The summed E-state index contributed by atoms with van der Waals surface area (Å²) in [6, 6.07) is 22.7. The molecule has 0 amide bonds. The first kappa shape index (κ1) is 18.5. The maximum atomic E-state index is 13.2. The number of ether oxygens (including phenoxy) is 2. The van der Waals surface area contributed by atoms with Gasteiger partial charge < -0.3 is 9.47 Å². The molecule has 0 aliphatic carbocycles. The highest BCUT2D eigenvalue weighted by molar-refractivity contribution is 6.32. The number of carbonyl (C=O) groups excluding carboxylic acids is 1. The Morgan fingerprint density at radius 3 is 2.00 bits per heavy atom. The fourth-order valence-corrected chi connectivity index (χ4v) is 2.89. The van der Waals surface area contributed by atoms with Crippen LogP contribution in [-0.2, 0) is 0 Å².